The van der Waals surface area contributed by atoms with Crippen LogP contribution in [0.3, 0.4) is 0 Å². The summed E-state index contributed by atoms with van der Waals surface area (Å²) in [6, 6.07) is 6.75. The quantitative estimate of drug-likeness (QED) is 0.637. The summed E-state index contributed by atoms with van der Waals surface area (Å²) in [7, 11) is 0. The molecule has 0 radical (unpaired) electrons. The Bertz CT molecular complexity index is 381. The van der Waals surface area contributed by atoms with E-state index in [1.807, 2.05) is 0 Å². The number of hydrogen-bond donors (Lipinski definition) is 0. The second-order valence-corrected chi connectivity index (χ2v) is 5.80. The van der Waals surface area contributed by atoms with E-state index in [2.05, 4.69) is 52.8 Å². The Morgan fingerprint density at radius 3 is 2.27 bits per heavy atom. The van der Waals surface area contributed by atoms with Crippen molar-refractivity contribution in [3.05, 3.63) is 34.9 Å². The molecule has 1 heteroatoms. The molecule has 1 atom stereocenters. The largest absolute Gasteiger partial charge is 0.365 e. The van der Waals surface area contributed by atoms with Crippen molar-refractivity contribution >= 4 is 0 Å². The zero-order valence-electron chi connectivity index (χ0n) is 10.3. The van der Waals surface area contributed by atoms with Gasteiger partial charge in [0.25, 0.3) is 0 Å². The SMILES string of the molecule is Cc1cc(C(C)(C)C)ccc1C1(C)CO1. The fraction of sp³-hybridized carbons (Fsp3) is 0.571. The van der Waals surface area contributed by atoms with Gasteiger partial charge in [-0.15, -0.1) is 0 Å². The summed E-state index contributed by atoms with van der Waals surface area (Å²) in [4.78, 5) is 0. The van der Waals surface area contributed by atoms with Gasteiger partial charge in [-0.05, 0) is 36.0 Å². The first kappa shape index (κ1) is 10.7. The van der Waals surface area contributed by atoms with Gasteiger partial charge in [0.15, 0.2) is 0 Å². The summed E-state index contributed by atoms with van der Waals surface area (Å²) in [6.07, 6.45) is 0. The molecule has 0 bridgehead atoms. The highest BCUT2D eigenvalue weighted by Gasteiger charge is 2.42. The van der Waals surface area contributed by atoms with Crippen LogP contribution in [-0.2, 0) is 15.8 Å². The molecular formula is C14H20O. The van der Waals surface area contributed by atoms with Gasteiger partial charge in [0.1, 0.15) is 5.60 Å². The molecule has 0 aromatic heterocycles. The van der Waals surface area contributed by atoms with E-state index in [1.54, 1.807) is 0 Å². The Balaban J connectivity index is 2.40. The normalized spacial score (nSPS) is 25.4. The maximum absolute atomic E-state index is 5.49. The number of rotatable bonds is 1. The highest BCUT2D eigenvalue weighted by Crippen LogP contribution is 2.40. The van der Waals surface area contributed by atoms with Gasteiger partial charge in [0.05, 0.1) is 6.61 Å². The van der Waals surface area contributed by atoms with Crippen molar-refractivity contribution in [1.82, 2.24) is 0 Å². The van der Waals surface area contributed by atoms with Crippen LogP contribution in [0.2, 0.25) is 0 Å². The first-order chi connectivity index (χ1) is 6.83. The van der Waals surface area contributed by atoms with Crippen LogP contribution in [0.15, 0.2) is 18.2 Å². The monoisotopic (exact) mass is 204 g/mol. The molecule has 1 unspecified atom stereocenters. The molecule has 1 aliphatic rings. The van der Waals surface area contributed by atoms with E-state index >= 15 is 0 Å². The minimum absolute atomic E-state index is 0.000494. The van der Waals surface area contributed by atoms with Crippen LogP contribution >= 0.6 is 0 Å². The minimum Gasteiger partial charge on any atom is -0.365 e. The molecule has 0 spiro atoms. The highest BCUT2D eigenvalue weighted by atomic mass is 16.6. The van der Waals surface area contributed by atoms with Crippen molar-refractivity contribution in [3.8, 4) is 0 Å². The summed E-state index contributed by atoms with van der Waals surface area (Å²) in [5.41, 5.74) is 4.32. The van der Waals surface area contributed by atoms with E-state index < -0.39 is 0 Å². The van der Waals surface area contributed by atoms with Crippen molar-refractivity contribution in [2.45, 2.75) is 45.6 Å². The summed E-state index contributed by atoms with van der Waals surface area (Å²) in [6.45, 7) is 11.9. The van der Waals surface area contributed by atoms with Crippen molar-refractivity contribution in [3.63, 3.8) is 0 Å². The molecule has 1 aliphatic heterocycles. The molecule has 0 saturated carbocycles. The zero-order valence-corrected chi connectivity index (χ0v) is 10.3. The minimum atomic E-state index is 0.000494. The Labute approximate surface area is 92.5 Å². The van der Waals surface area contributed by atoms with E-state index in [0.717, 1.165) is 6.61 Å². The predicted molar refractivity (Wildman–Crippen MR) is 63.2 cm³/mol. The van der Waals surface area contributed by atoms with Crippen LogP contribution in [-0.4, -0.2) is 6.61 Å². The lowest BCUT2D eigenvalue weighted by atomic mass is 9.84. The van der Waals surface area contributed by atoms with Crippen molar-refractivity contribution in [1.29, 1.82) is 0 Å². The van der Waals surface area contributed by atoms with Crippen LogP contribution in [0.25, 0.3) is 0 Å². The summed E-state index contributed by atoms with van der Waals surface area (Å²) in [5, 5.41) is 0. The third-order valence-corrected chi connectivity index (χ3v) is 3.24. The number of hydrogen-bond acceptors (Lipinski definition) is 1. The Hall–Kier alpha value is -0.820. The van der Waals surface area contributed by atoms with Gasteiger partial charge in [0.2, 0.25) is 0 Å². The Morgan fingerprint density at radius 1 is 1.27 bits per heavy atom. The van der Waals surface area contributed by atoms with Crippen LogP contribution in [0.1, 0.15) is 44.4 Å². The molecule has 1 aromatic carbocycles. The molecule has 1 saturated heterocycles. The molecule has 2 rings (SSSR count). The van der Waals surface area contributed by atoms with Gasteiger partial charge >= 0.3 is 0 Å². The maximum atomic E-state index is 5.49. The first-order valence-corrected chi connectivity index (χ1v) is 5.58. The van der Waals surface area contributed by atoms with E-state index in [0.29, 0.717) is 0 Å². The third kappa shape index (κ3) is 1.93. The molecule has 0 amide bonds. The van der Waals surface area contributed by atoms with Gasteiger partial charge in [-0.2, -0.15) is 0 Å². The van der Waals surface area contributed by atoms with E-state index in [1.165, 1.54) is 16.7 Å². The lowest BCUT2D eigenvalue weighted by molar-refractivity contribution is 0.328. The maximum Gasteiger partial charge on any atom is 0.114 e. The third-order valence-electron chi connectivity index (χ3n) is 3.24. The Morgan fingerprint density at radius 2 is 1.87 bits per heavy atom. The first-order valence-electron chi connectivity index (χ1n) is 5.58. The van der Waals surface area contributed by atoms with Gasteiger partial charge < -0.3 is 4.74 Å². The topological polar surface area (TPSA) is 12.5 Å². The van der Waals surface area contributed by atoms with Crippen molar-refractivity contribution in [2.75, 3.05) is 6.61 Å². The van der Waals surface area contributed by atoms with Crippen LogP contribution < -0.4 is 0 Å². The fourth-order valence-electron chi connectivity index (χ4n) is 1.99. The van der Waals surface area contributed by atoms with E-state index in [4.69, 9.17) is 4.74 Å². The predicted octanol–water partition coefficient (Wildman–Crippen LogP) is 3.54. The van der Waals surface area contributed by atoms with Crippen LogP contribution in [0.4, 0.5) is 0 Å². The molecule has 1 nitrogen and oxygen atoms in total. The molecule has 82 valence electrons. The zero-order chi connectivity index (χ0) is 11.3. The average Bonchev–Trinajstić information content (AvgIpc) is 2.82. The average molecular weight is 204 g/mol. The van der Waals surface area contributed by atoms with Crippen molar-refractivity contribution < 1.29 is 4.74 Å². The highest BCUT2D eigenvalue weighted by molar-refractivity contribution is 5.39. The second kappa shape index (κ2) is 3.08. The van der Waals surface area contributed by atoms with Gasteiger partial charge in [-0.1, -0.05) is 39.0 Å². The number of benzene rings is 1. The van der Waals surface area contributed by atoms with Crippen LogP contribution in [0, 0.1) is 6.92 Å². The van der Waals surface area contributed by atoms with E-state index in [9.17, 15) is 0 Å². The molecule has 1 heterocycles. The molecule has 15 heavy (non-hydrogen) atoms. The molecule has 0 aliphatic carbocycles. The molecule has 0 N–H and O–H groups in total. The fourth-order valence-corrected chi connectivity index (χ4v) is 1.99. The standard InChI is InChI=1S/C14H20O/c1-10-8-11(13(2,3)4)6-7-12(10)14(5)9-15-14/h6-8H,9H2,1-5H3. The molecule has 1 aromatic rings. The van der Waals surface area contributed by atoms with Crippen molar-refractivity contribution in [2.24, 2.45) is 0 Å². The number of aryl methyl sites for hydroxylation is 1. The number of ether oxygens (including phenoxy) is 1. The Kier molecular flexibility index (Phi) is 2.20. The van der Waals surface area contributed by atoms with Crippen LogP contribution in [0.5, 0.6) is 0 Å². The summed E-state index contributed by atoms with van der Waals surface area (Å²) >= 11 is 0. The summed E-state index contributed by atoms with van der Waals surface area (Å²) < 4.78 is 5.49. The van der Waals surface area contributed by atoms with Gasteiger partial charge in [0, 0.05) is 0 Å². The second-order valence-electron chi connectivity index (χ2n) is 5.80. The molecule has 1 fully saturated rings. The van der Waals surface area contributed by atoms with Gasteiger partial charge in [-0.25, -0.2) is 0 Å². The molecular weight excluding hydrogens is 184 g/mol. The van der Waals surface area contributed by atoms with E-state index in [-0.39, 0.29) is 11.0 Å². The lowest BCUT2D eigenvalue weighted by Crippen LogP contribution is -2.13. The smallest absolute Gasteiger partial charge is 0.114 e. The van der Waals surface area contributed by atoms with Gasteiger partial charge in [-0.3, -0.25) is 0 Å². The summed E-state index contributed by atoms with van der Waals surface area (Å²) in [5.74, 6) is 0. The number of epoxide rings is 1. The lowest BCUT2D eigenvalue weighted by Gasteiger charge is -2.21.